The number of aromatic amines is 1. The summed E-state index contributed by atoms with van der Waals surface area (Å²) in [7, 11) is 0. The number of aliphatic hydroxyl groups is 1. The maximum Gasteiger partial charge on any atom is 0.250 e. The minimum Gasteiger partial charge on any atom is -0.393 e. The average Bonchev–Trinajstić information content (AvgIpc) is 3.53. The first-order valence-electron chi connectivity index (χ1n) is 13.3. The van der Waals surface area contributed by atoms with E-state index in [0.717, 1.165) is 75.6 Å². The number of primary amides is 1. The van der Waals surface area contributed by atoms with Crippen molar-refractivity contribution in [3.63, 3.8) is 0 Å². The number of pyridine rings is 1. The molecule has 0 spiro atoms. The van der Waals surface area contributed by atoms with Crippen molar-refractivity contribution in [2.24, 2.45) is 5.73 Å². The number of para-hydroxylation sites is 1. The van der Waals surface area contributed by atoms with Gasteiger partial charge >= 0.3 is 0 Å². The summed E-state index contributed by atoms with van der Waals surface area (Å²) in [6.45, 7) is 0. The second-order valence-electron chi connectivity index (χ2n) is 10.3. The van der Waals surface area contributed by atoms with Crippen molar-refractivity contribution in [1.29, 1.82) is 0 Å². The molecule has 0 unspecified atom stereocenters. The van der Waals surface area contributed by atoms with E-state index in [2.05, 4.69) is 44.1 Å². The van der Waals surface area contributed by atoms with E-state index >= 15 is 0 Å². The highest BCUT2D eigenvalue weighted by Gasteiger charge is 2.22. The SMILES string of the molecule is NC(=O)c1ccc(-n2c3ccccc3c3c(-c4nc5ccncc5[nH]4)cccc32)cc1NC1CCC(O)CC1. The fraction of sp³-hybridized carbons (Fsp3) is 0.194. The van der Waals surface area contributed by atoms with E-state index < -0.39 is 5.91 Å². The number of nitrogens with zero attached hydrogens (tertiary/aromatic N) is 3. The fourth-order valence-electron chi connectivity index (χ4n) is 5.92. The number of H-pyrrole nitrogens is 1. The van der Waals surface area contributed by atoms with Crippen LogP contribution in [0.25, 0.3) is 49.9 Å². The molecule has 0 saturated heterocycles. The maximum atomic E-state index is 12.3. The first kappa shape index (κ1) is 23.4. The lowest BCUT2D eigenvalue weighted by Gasteiger charge is -2.28. The maximum absolute atomic E-state index is 12.3. The van der Waals surface area contributed by atoms with E-state index in [1.165, 1.54) is 0 Å². The Balaban J connectivity index is 1.41. The van der Waals surface area contributed by atoms with Crippen LogP contribution in [0, 0.1) is 0 Å². The molecule has 1 aliphatic rings. The van der Waals surface area contributed by atoms with Crippen LogP contribution >= 0.6 is 0 Å². The third kappa shape index (κ3) is 4.00. The normalized spacial score (nSPS) is 17.7. The monoisotopic (exact) mass is 516 g/mol. The van der Waals surface area contributed by atoms with Gasteiger partial charge in [0.15, 0.2) is 0 Å². The topological polar surface area (TPSA) is 122 Å². The number of carbonyl (C=O) groups is 1. The summed E-state index contributed by atoms with van der Waals surface area (Å²) in [5.74, 6) is 0.321. The van der Waals surface area contributed by atoms with Gasteiger partial charge < -0.3 is 25.7 Å². The van der Waals surface area contributed by atoms with E-state index in [4.69, 9.17) is 10.7 Å². The molecule has 39 heavy (non-hydrogen) atoms. The zero-order chi connectivity index (χ0) is 26.5. The van der Waals surface area contributed by atoms with Crippen molar-refractivity contribution in [2.45, 2.75) is 37.8 Å². The van der Waals surface area contributed by atoms with Crippen LogP contribution < -0.4 is 11.1 Å². The van der Waals surface area contributed by atoms with Gasteiger partial charge in [-0.2, -0.15) is 0 Å². The lowest BCUT2D eigenvalue weighted by Crippen LogP contribution is -2.29. The van der Waals surface area contributed by atoms with Crippen LogP contribution in [0.5, 0.6) is 0 Å². The number of amides is 1. The number of benzene rings is 3. The number of nitrogens with one attached hydrogen (secondary N) is 2. The number of anilines is 1. The Kier molecular flexibility index (Phi) is 5.56. The second kappa shape index (κ2) is 9.25. The Hall–Kier alpha value is -4.69. The molecule has 0 atom stereocenters. The number of carbonyl (C=O) groups excluding carboxylic acids is 1. The number of hydrogen-bond acceptors (Lipinski definition) is 5. The summed E-state index contributed by atoms with van der Waals surface area (Å²) >= 11 is 0. The summed E-state index contributed by atoms with van der Waals surface area (Å²) in [6, 6.07) is 22.4. The standard InChI is InChI=1S/C31H28N6O2/c32-30(39)21-13-10-19(16-25(21)34-18-8-11-20(38)12-9-18)37-27-6-2-1-4-22(27)29-23(5-3-7-28(29)37)31-35-24-14-15-33-17-26(24)36-31/h1-7,10,13-18,20,34,38H,8-9,11-12H2,(H2,32,39)(H,35,36). The number of aliphatic hydroxyl groups excluding tert-OH is 1. The van der Waals surface area contributed by atoms with Crippen LogP contribution in [-0.4, -0.2) is 42.7 Å². The van der Waals surface area contributed by atoms with Gasteiger partial charge in [0.2, 0.25) is 0 Å². The Labute approximate surface area is 224 Å². The third-order valence-electron chi connectivity index (χ3n) is 7.82. The zero-order valence-corrected chi connectivity index (χ0v) is 21.3. The van der Waals surface area contributed by atoms with Crippen LogP contribution in [0.3, 0.4) is 0 Å². The van der Waals surface area contributed by atoms with Crippen LogP contribution in [0.2, 0.25) is 0 Å². The molecular weight excluding hydrogens is 488 g/mol. The van der Waals surface area contributed by atoms with E-state index in [-0.39, 0.29) is 12.1 Å². The van der Waals surface area contributed by atoms with Crippen molar-refractivity contribution in [1.82, 2.24) is 19.5 Å². The van der Waals surface area contributed by atoms with Crippen LogP contribution in [0.15, 0.2) is 79.1 Å². The molecule has 3 aromatic heterocycles. The van der Waals surface area contributed by atoms with E-state index in [1.54, 1.807) is 18.5 Å². The molecule has 1 saturated carbocycles. The van der Waals surface area contributed by atoms with Crippen LogP contribution in [0.1, 0.15) is 36.0 Å². The van der Waals surface area contributed by atoms with Gasteiger partial charge in [0, 0.05) is 39.9 Å². The lowest BCUT2D eigenvalue weighted by atomic mass is 9.92. The summed E-state index contributed by atoms with van der Waals surface area (Å²) in [5.41, 5.74) is 12.7. The van der Waals surface area contributed by atoms with E-state index in [0.29, 0.717) is 11.3 Å². The molecule has 8 nitrogen and oxygen atoms in total. The predicted molar refractivity (Wildman–Crippen MR) is 154 cm³/mol. The van der Waals surface area contributed by atoms with Crippen LogP contribution in [-0.2, 0) is 0 Å². The van der Waals surface area contributed by atoms with Crippen LogP contribution in [0.4, 0.5) is 5.69 Å². The first-order valence-corrected chi connectivity index (χ1v) is 13.3. The Morgan fingerprint density at radius 2 is 1.82 bits per heavy atom. The number of aromatic nitrogens is 4. The smallest absolute Gasteiger partial charge is 0.250 e. The Morgan fingerprint density at radius 3 is 2.64 bits per heavy atom. The van der Waals surface area contributed by atoms with Crippen molar-refractivity contribution < 1.29 is 9.90 Å². The summed E-state index contributed by atoms with van der Waals surface area (Å²) in [5, 5.41) is 15.7. The lowest BCUT2D eigenvalue weighted by molar-refractivity contribution is 0.100. The molecular formula is C31H28N6O2. The van der Waals surface area contributed by atoms with E-state index in [1.807, 2.05) is 36.4 Å². The number of nitrogens with two attached hydrogens (primary N) is 1. The molecule has 0 bridgehead atoms. The van der Waals surface area contributed by atoms with Gasteiger partial charge in [-0.25, -0.2) is 4.98 Å². The predicted octanol–water partition coefficient (Wildman–Crippen LogP) is 5.54. The minimum atomic E-state index is -0.469. The molecule has 3 heterocycles. The summed E-state index contributed by atoms with van der Waals surface area (Å²) in [6.07, 6.45) is 6.46. The molecule has 6 aromatic rings. The van der Waals surface area contributed by atoms with Crippen molar-refractivity contribution in [3.05, 3.63) is 84.7 Å². The van der Waals surface area contributed by atoms with Gasteiger partial charge in [-0.1, -0.05) is 30.3 Å². The molecule has 0 aliphatic heterocycles. The second-order valence-corrected chi connectivity index (χ2v) is 10.3. The highest BCUT2D eigenvalue weighted by molar-refractivity contribution is 6.15. The fourth-order valence-corrected chi connectivity index (χ4v) is 5.92. The quantitative estimate of drug-likeness (QED) is 0.240. The molecule has 1 fully saturated rings. The zero-order valence-electron chi connectivity index (χ0n) is 21.3. The molecule has 7 rings (SSSR count). The highest BCUT2D eigenvalue weighted by Crippen LogP contribution is 2.39. The number of hydrogen-bond donors (Lipinski definition) is 4. The number of fused-ring (bicyclic) bond motifs is 4. The Morgan fingerprint density at radius 1 is 1.00 bits per heavy atom. The third-order valence-corrected chi connectivity index (χ3v) is 7.82. The molecule has 194 valence electrons. The van der Waals surface area contributed by atoms with Gasteiger partial charge in [0.05, 0.1) is 39.9 Å². The van der Waals surface area contributed by atoms with Crippen molar-refractivity contribution >= 4 is 44.4 Å². The Bertz CT molecular complexity index is 1830. The average molecular weight is 517 g/mol. The summed E-state index contributed by atoms with van der Waals surface area (Å²) < 4.78 is 2.22. The van der Waals surface area contributed by atoms with Gasteiger partial charge in [0.1, 0.15) is 5.82 Å². The van der Waals surface area contributed by atoms with Gasteiger partial charge in [-0.05, 0) is 62.1 Å². The number of imidazole rings is 1. The largest absolute Gasteiger partial charge is 0.393 e. The van der Waals surface area contributed by atoms with Crippen molar-refractivity contribution in [2.75, 3.05) is 5.32 Å². The molecule has 1 aliphatic carbocycles. The summed E-state index contributed by atoms with van der Waals surface area (Å²) in [4.78, 5) is 24.8. The number of rotatable bonds is 5. The molecule has 5 N–H and O–H groups in total. The van der Waals surface area contributed by atoms with Gasteiger partial charge in [-0.15, -0.1) is 0 Å². The molecule has 0 radical (unpaired) electrons. The van der Waals surface area contributed by atoms with Gasteiger partial charge in [-0.3, -0.25) is 9.78 Å². The first-order chi connectivity index (χ1) is 19.1. The minimum absolute atomic E-state index is 0.175. The van der Waals surface area contributed by atoms with Gasteiger partial charge in [0.25, 0.3) is 5.91 Å². The van der Waals surface area contributed by atoms with E-state index in [9.17, 15) is 9.90 Å². The molecule has 1 amide bonds. The highest BCUT2D eigenvalue weighted by atomic mass is 16.3. The molecule has 3 aromatic carbocycles. The molecule has 8 heteroatoms. The van der Waals surface area contributed by atoms with Crippen molar-refractivity contribution in [3.8, 4) is 17.1 Å².